The summed E-state index contributed by atoms with van der Waals surface area (Å²) in [5, 5.41) is 4.52. The minimum absolute atomic E-state index is 0.401. The van der Waals surface area contributed by atoms with Crippen LogP contribution in [0.25, 0.3) is 0 Å². The second-order valence-electron chi connectivity index (χ2n) is 4.40. The molecule has 4 heteroatoms. The van der Waals surface area contributed by atoms with E-state index in [1.54, 1.807) is 0 Å². The van der Waals surface area contributed by atoms with E-state index in [2.05, 4.69) is 40.9 Å². The Hall–Kier alpha value is -1.29. The molecule has 0 aliphatic heterocycles. The minimum Gasteiger partial charge on any atom is -0.384 e. The molecule has 2 aromatic rings. The van der Waals surface area contributed by atoms with E-state index in [9.17, 15) is 0 Å². The van der Waals surface area contributed by atoms with Crippen LogP contribution in [0.4, 0.5) is 5.82 Å². The number of nitrogens with zero attached hydrogens (tertiary/aromatic N) is 2. The van der Waals surface area contributed by atoms with Crippen molar-refractivity contribution in [1.29, 1.82) is 0 Å². The molecular formula is C13H16BrN3. The summed E-state index contributed by atoms with van der Waals surface area (Å²) in [6.45, 7) is 4.93. The molecule has 0 unspecified atom stereocenters. The van der Waals surface area contributed by atoms with Crippen molar-refractivity contribution in [3.05, 3.63) is 46.1 Å². The lowest BCUT2D eigenvalue weighted by Crippen LogP contribution is -2.06. The fourth-order valence-electron chi connectivity index (χ4n) is 1.65. The molecule has 0 spiro atoms. The molecular weight excluding hydrogens is 278 g/mol. The van der Waals surface area contributed by atoms with Crippen LogP contribution in [0.2, 0.25) is 0 Å². The number of halogens is 1. The van der Waals surface area contributed by atoms with Gasteiger partial charge >= 0.3 is 0 Å². The molecule has 1 aromatic carbocycles. The molecule has 0 atom stereocenters. The maximum Gasteiger partial charge on any atom is 0.122 e. The predicted octanol–water partition coefficient (Wildman–Crippen LogP) is 3.40. The first kappa shape index (κ1) is 12.2. The van der Waals surface area contributed by atoms with Gasteiger partial charge in [-0.1, -0.05) is 48.0 Å². The standard InChI is InChI=1S/C13H16BrN3/c1-9(2)12-7-13(15)17(16-12)8-10-5-3-4-6-11(10)14/h3-7,9H,8,15H2,1-2H3. The summed E-state index contributed by atoms with van der Waals surface area (Å²) < 4.78 is 2.93. The van der Waals surface area contributed by atoms with Gasteiger partial charge in [-0.25, -0.2) is 4.68 Å². The van der Waals surface area contributed by atoms with Crippen LogP contribution in [0, 0.1) is 0 Å². The number of nitrogens with two attached hydrogens (primary N) is 1. The summed E-state index contributed by atoms with van der Waals surface area (Å²) in [5.74, 6) is 1.11. The molecule has 0 radical (unpaired) electrons. The SMILES string of the molecule is CC(C)c1cc(N)n(Cc2ccccc2Br)n1. The van der Waals surface area contributed by atoms with Gasteiger partial charge in [-0.15, -0.1) is 0 Å². The van der Waals surface area contributed by atoms with Crippen LogP contribution >= 0.6 is 15.9 Å². The van der Waals surface area contributed by atoms with Crippen LogP contribution in [-0.4, -0.2) is 9.78 Å². The molecule has 3 nitrogen and oxygen atoms in total. The molecule has 0 saturated heterocycles. The highest BCUT2D eigenvalue weighted by Gasteiger charge is 2.09. The molecule has 0 fully saturated rings. The summed E-state index contributed by atoms with van der Waals surface area (Å²) in [6, 6.07) is 10.1. The number of nitrogen functional groups attached to an aromatic ring is 1. The monoisotopic (exact) mass is 293 g/mol. The normalized spacial score (nSPS) is 11.1. The number of benzene rings is 1. The van der Waals surface area contributed by atoms with Crippen molar-refractivity contribution in [3.8, 4) is 0 Å². The zero-order valence-corrected chi connectivity index (χ0v) is 11.6. The molecule has 90 valence electrons. The van der Waals surface area contributed by atoms with E-state index in [0.717, 1.165) is 10.2 Å². The lowest BCUT2D eigenvalue weighted by Gasteiger charge is -2.06. The van der Waals surface area contributed by atoms with E-state index < -0.39 is 0 Å². The van der Waals surface area contributed by atoms with E-state index in [-0.39, 0.29) is 0 Å². The topological polar surface area (TPSA) is 43.8 Å². The van der Waals surface area contributed by atoms with Crippen LogP contribution in [-0.2, 0) is 6.54 Å². The van der Waals surface area contributed by atoms with Gasteiger partial charge in [0.25, 0.3) is 0 Å². The third-order valence-corrected chi connectivity index (χ3v) is 3.47. The first-order valence-electron chi connectivity index (χ1n) is 5.64. The molecule has 1 aromatic heterocycles. The van der Waals surface area contributed by atoms with Gasteiger partial charge < -0.3 is 5.73 Å². The number of rotatable bonds is 3. The minimum atomic E-state index is 0.401. The smallest absolute Gasteiger partial charge is 0.122 e. The maximum atomic E-state index is 5.96. The molecule has 2 N–H and O–H groups in total. The predicted molar refractivity (Wildman–Crippen MR) is 74.0 cm³/mol. The summed E-state index contributed by atoms with van der Waals surface area (Å²) in [4.78, 5) is 0. The van der Waals surface area contributed by atoms with E-state index in [1.807, 2.05) is 28.9 Å². The van der Waals surface area contributed by atoms with Crippen LogP contribution in [0.5, 0.6) is 0 Å². The van der Waals surface area contributed by atoms with Crippen LogP contribution in [0.15, 0.2) is 34.8 Å². The summed E-state index contributed by atoms with van der Waals surface area (Å²) in [5.41, 5.74) is 8.18. The highest BCUT2D eigenvalue weighted by molar-refractivity contribution is 9.10. The Kier molecular flexibility index (Phi) is 3.52. The average Bonchev–Trinajstić information content (AvgIpc) is 2.64. The molecule has 1 heterocycles. The Morgan fingerprint density at radius 2 is 2.06 bits per heavy atom. The van der Waals surface area contributed by atoms with E-state index in [0.29, 0.717) is 18.3 Å². The van der Waals surface area contributed by atoms with Gasteiger partial charge in [-0.2, -0.15) is 5.10 Å². The zero-order chi connectivity index (χ0) is 12.4. The fraction of sp³-hybridized carbons (Fsp3) is 0.308. The molecule has 17 heavy (non-hydrogen) atoms. The number of hydrogen-bond donors (Lipinski definition) is 1. The summed E-state index contributed by atoms with van der Waals surface area (Å²) in [7, 11) is 0. The van der Waals surface area contributed by atoms with Gasteiger partial charge in [0.1, 0.15) is 5.82 Å². The van der Waals surface area contributed by atoms with Crippen molar-refractivity contribution in [1.82, 2.24) is 9.78 Å². The van der Waals surface area contributed by atoms with Crippen molar-refractivity contribution >= 4 is 21.7 Å². The van der Waals surface area contributed by atoms with Gasteiger partial charge in [0.2, 0.25) is 0 Å². The van der Waals surface area contributed by atoms with Crippen molar-refractivity contribution in [2.45, 2.75) is 26.3 Å². The Morgan fingerprint density at radius 1 is 1.35 bits per heavy atom. The van der Waals surface area contributed by atoms with E-state index in [1.165, 1.54) is 5.56 Å². The molecule has 0 aliphatic carbocycles. The molecule has 0 amide bonds. The number of anilines is 1. The highest BCUT2D eigenvalue weighted by atomic mass is 79.9. The number of aromatic nitrogens is 2. The van der Waals surface area contributed by atoms with E-state index >= 15 is 0 Å². The third kappa shape index (κ3) is 2.69. The first-order valence-corrected chi connectivity index (χ1v) is 6.44. The molecule has 0 saturated carbocycles. The first-order chi connectivity index (χ1) is 8.08. The van der Waals surface area contributed by atoms with Gasteiger partial charge in [0.05, 0.1) is 12.2 Å². The lowest BCUT2D eigenvalue weighted by molar-refractivity contribution is 0.663. The maximum absolute atomic E-state index is 5.96. The Labute approximate surface area is 110 Å². The van der Waals surface area contributed by atoms with Crippen molar-refractivity contribution in [2.75, 3.05) is 5.73 Å². The zero-order valence-electron chi connectivity index (χ0n) is 10.0. The highest BCUT2D eigenvalue weighted by Crippen LogP contribution is 2.20. The average molecular weight is 294 g/mol. The van der Waals surface area contributed by atoms with Gasteiger partial charge in [-0.05, 0) is 17.5 Å². The lowest BCUT2D eigenvalue weighted by atomic mass is 10.1. The van der Waals surface area contributed by atoms with Crippen LogP contribution in [0.1, 0.15) is 31.0 Å². The summed E-state index contributed by atoms with van der Waals surface area (Å²) in [6.07, 6.45) is 0. The Bertz CT molecular complexity index is 517. The van der Waals surface area contributed by atoms with Crippen LogP contribution < -0.4 is 5.73 Å². The van der Waals surface area contributed by atoms with Gasteiger partial charge in [0, 0.05) is 10.5 Å². The fourth-order valence-corrected chi connectivity index (χ4v) is 2.06. The van der Waals surface area contributed by atoms with Crippen molar-refractivity contribution in [3.63, 3.8) is 0 Å². The van der Waals surface area contributed by atoms with E-state index in [4.69, 9.17) is 5.73 Å². The molecule has 0 aliphatic rings. The van der Waals surface area contributed by atoms with Crippen molar-refractivity contribution < 1.29 is 0 Å². The molecule has 0 bridgehead atoms. The summed E-state index contributed by atoms with van der Waals surface area (Å²) >= 11 is 3.53. The Balaban J connectivity index is 2.27. The third-order valence-electron chi connectivity index (χ3n) is 2.70. The second kappa shape index (κ2) is 4.92. The second-order valence-corrected chi connectivity index (χ2v) is 5.25. The largest absolute Gasteiger partial charge is 0.384 e. The Morgan fingerprint density at radius 3 is 2.65 bits per heavy atom. The van der Waals surface area contributed by atoms with Gasteiger partial charge in [0.15, 0.2) is 0 Å². The van der Waals surface area contributed by atoms with Gasteiger partial charge in [-0.3, -0.25) is 0 Å². The quantitative estimate of drug-likeness (QED) is 0.943. The number of hydrogen-bond acceptors (Lipinski definition) is 2. The van der Waals surface area contributed by atoms with Crippen LogP contribution in [0.3, 0.4) is 0 Å². The molecule has 2 rings (SSSR count). The van der Waals surface area contributed by atoms with Crippen molar-refractivity contribution in [2.24, 2.45) is 0 Å².